The molecule has 1 aromatic carbocycles. The predicted molar refractivity (Wildman–Crippen MR) is 91.0 cm³/mol. The maximum atomic E-state index is 12.5. The van der Waals surface area contributed by atoms with Gasteiger partial charge in [0.1, 0.15) is 5.75 Å². The summed E-state index contributed by atoms with van der Waals surface area (Å²) in [5, 5.41) is 0. The van der Waals surface area contributed by atoms with Crippen molar-refractivity contribution in [3.8, 4) is 5.75 Å². The van der Waals surface area contributed by atoms with Crippen molar-refractivity contribution in [2.45, 2.75) is 52.7 Å². The van der Waals surface area contributed by atoms with Gasteiger partial charge in [-0.2, -0.15) is 0 Å². The number of aryl methyl sites for hydroxylation is 1. The van der Waals surface area contributed by atoms with E-state index in [9.17, 15) is 4.79 Å². The zero-order valence-electron chi connectivity index (χ0n) is 14.5. The average Bonchev–Trinajstić information content (AvgIpc) is 2.49. The number of ether oxygens (including phenoxy) is 1. The van der Waals surface area contributed by atoms with Crippen LogP contribution in [0.4, 0.5) is 0 Å². The van der Waals surface area contributed by atoms with Gasteiger partial charge in [0, 0.05) is 19.6 Å². The van der Waals surface area contributed by atoms with Crippen molar-refractivity contribution >= 4 is 5.91 Å². The van der Waals surface area contributed by atoms with Crippen LogP contribution in [-0.2, 0) is 4.79 Å². The number of nitrogens with two attached hydrogens (primary N) is 1. The molecule has 0 aliphatic carbocycles. The third-order valence-electron chi connectivity index (χ3n) is 3.94. The molecule has 0 fully saturated rings. The molecule has 0 aliphatic rings. The minimum Gasteiger partial charge on any atom is -0.481 e. The lowest BCUT2D eigenvalue weighted by atomic mass is 10.0. The van der Waals surface area contributed by atoms with Crippen molar-refractivity contribution in [1.29, 1.82) is 0 Å². The molecule has 4 nitrogen and oxygen atoms in total. The Bertz CT molecular complexity index is 474. The third kappa shape index (κ3) is 5.68. The van der Waals surface area contributed by atoms with Crippen LogP contribution in [0.2, 0.25) is 0 Å². The summed E-state index contributed by atoms with van der Waals surface area (Å²) < 4.78 is 5.86. The molecule has 0 heterocycles. The number of rotatable bonds is 8. The van der Waals surface area contributed by atoms with Crippen LogP contribution in [0.25, 0.3) is 0 Å². The first-order chi connectivity index (χ1) is 10.3. The second kappa shape index (κ2) is 8.79. The first-order valence-electron chi connectivity index (χ1n) is 8.09. The van der Waals surface area contributed by atoms with Gasteiger partial charge in [-0.25, -0.2) is 0 Å². The fraction of sp³-hybridized carbons (Fsp3) is 0.611. The van der Waals surface area contributed by atoms with Gasteiger partial charge in [-0.15, -0.1) is 0 Å². The molecule has 124 valence electrons. The lowest BCUT2D eigenvalue weighted by Gasteiger charge is -2.25. The molecule has 0 aliphatic heterocycles. The van der Waals surface area contributed by atoms with Crippen molar-refractivity contribution in [2.75, 3.05) is 13.6 Å². The standard InChI is InChI=1S/C18H30N2O2/c1-6-17(22-15-9-7-8-14(4)12-15)18(21)20(5)11-10-16(19)13(2)3/h7-9,12-13,16-17H,6,10-11,19H2,1-5H3. The minimum absolute atomic E-state index is 0.0139. The molecule has 0 aromatic heterocycles. The van der Waals surface area contributed by atoms with Crippen LogP contribution in [-0.4, -0.2) is 36.5 Å². The highest BCUT2D eigenvalue weighted by atomic mass is 16.5. The smallest absolute Gasteiger partial charge is 0.263 e. The van der Waals surface area contributed by atoms with E-state index in [0.717, 1.165) is 17.7 Å². The van der Waals surface area contributed by atoms with Crippen LogP contribution in [0.3, 0.4) is 0 Å². The first kappa shape index (κ1) is 18.5. The van der Waals surface area contributed by atoms with Crippen molar-refractivity contribution in [3.63, 3.8) is 0 Å². The Hall–Kier alpha value is -1.55. The number of hydrogen-bond acceptors (Lipinski definition) is 3. The lowest BCUT2D eigenvalue weighted by Crippen LogP contribution is -2.41. The number of likely N-dealkylation sites (N-methyl/N-ethyl adjacent to an activating group) is 1. The van der Waals surface area contributed by atoms with Gasteiger partial charge in [0.25, 0.3) is 5.91 Å². The van der Waals surface area contributed by atoms with Gasteiger partial charge in [0.2, 0.25) is 0 Å². The summed E-state index contributed by atoms with van der Waals surface area (Å²) in [5.74, 6) is 1.18. The first-order valence-corrected chi connectivity index (χ1v) is 8.09. The number of hydrogen-bond donors (Lipinski definition) is 1. The molecular formula is C18H30N2O2. The summed E-state index contributed by atoms with van der Waals surface area (Å²) in [6.07, 6.45) is 1.01. The van der Waals surface area contributed by atoms with E-state index < -0.39 is 6.10 Å². The summed E-state index contributed by atoms with van der Waals surface area (Å²) in [4.78, 5) is 14.2. The molecule has 4 heteroatoms. The Balaban J connectivity index is 2.59. The summed E-state index contributed by atoms with van der Waals surface area (Å²) >= 11 is 0. The van der Waals surface area contributed by atoms with E-state index in [-0.39, 0.29) is 11.9 Å². The summed E-state index contributed by atoms with van der Waals surface area (Å²) in [5.41, 5.74) is 7.17. The van der Waals surface area contributed by atoms with Crippen molar-refractivity contribution in [3.05, 3.63) is 29.8 Å². The molecule has 2 atom stereocenters. The quantitative estimate of drug-likeness (QED) is 0.803. The molecule has 1 aromatic rings. The zero-order chi connectivity index (χ0) is 16.7. The van der Waals surface area contributed by atoms with E-state index in [1.165, 1.54) is 0 Å². The second-order valence-electron chi connectivity index (χ2n) is 6.29. The van der Waals surface area contributed by atoms with Crippen LogP contribution >= 0.6 is 0 Å². The van der Waals surface area contributed by atoms with Crippen molar-refractivity contribution in [2.24, 2.45) is 11.7 Å². The van der Waals surface area contributed by atoms with Crippen LogP contribution in [0, 0.1) is 12.8 Å². The van der Waals surface area contributed by atoms with Gasteiger partial charge in [0.15, 0.2) is 6.10 Å². The fourth-order valence-electron chi connectivity index (χ4n) is 2.19. The van der Waals surface area contributed by atoms with Crippen molar-refractivity contribution in [1.82, 2.24) is 4.90 Å². The van der Waals surface area contributed by atoms with Gasteiger partial charge in [0.05, 0.1) is 0 Å². The molecule has 1 rings (SSSR count). The predicted octanol–water partition coefficient (Wildman–Crippen LogP) is 2.98. The van der Waals surface area contributed by atoms with E-state index in [1.807, 2.05) is 45.2 Å². The molecule has 1 amide bonds. The second-order valence-corrected chi connectivity index (χ2v) is 6.29. The van der Waals surface area contributed by atoms with Gasteiger partial charge in [-0.05, 0) is 43.4 Å². The topological polar surface area (TPSA) is 55.6 Å². The van der Waals surface area contributed by atoms with Gasteiger partial charge in [-0.3, -0.25) is 4.79 Å². The Morgan fingerprint density at radius 2 is 2.05 bits per heavy atom. The van der Waals surface area contributed by atoms with Crippen LogP contribution in [0.15, 0.2) is 24.3 Å². The highest BCUT2D eigenvalue weighted by Crippen LogP contribution is 2.16. The highest BCUT2D eigenvalue weighted by molar-refractivity contribution is 5.81. The van der Waals surface area contributed by atoms with E-state index in [4.69, 9.17) is 10.5 Å². The number of carbonyl (C=O) groups excluding carboxylic acids is 1. The molecule has 22 heavy (non-hydrogen) atoms. The van der Waals surface area contributed by atoms with Crippen LogP contribution in [0.5, 0.6) is 5.75 Å². The molecule has 2 unspecified atom stereocenters. The Kier molecular flexibility index (Phi) is 7.39. The lowest BCUT2D eigenvalue weighted by molar-refractivity contribution is -0.137. The van der Waals surface area contributed by atoms with E-state index in [0.29, 0.717) is 18.9 Å². The monoisotopic (exact) mass is 306 g/mol. The van der Waals surface area contributed by atoms with Gasteiger partial charge in [-0.1, -0.05) is 32.9 Å². The maximum absolute atomic E-state index is 12.5. The third-order valence-corrected chi connectivity index (χ3v) is 3.94. The summed E-state index contributed by atoms with van der Waals surface area (Å²) in [7, 11) is 1.82. The van der Waals surface area contributed by atoms with E-state index in [1.54, 1.807) is 4.90 Å². The molecule has 2 N–H and O–H groups in total. The molecule has 0 saturated heterocycles. The molecule has 0 saturated carbocycles. The molecule has 0 radical (unpaired) electrons. The highest BCUT2D eigenvalue weighted by Gasteiger charge is 2.22. The van der Waals surface area contributed by atoms with Crippen LogP contribution in [0.1, 0.15) is 39.2 Å². The fourth-order valence-corrected chi connectivity index (χ4v) is 2.19. The Morgan fingerprint density at radius 3 is 2.59 bits per heavy atom. The summed E-state index contributed by atoms with van der Waals surface area (Å²) in [6.45, 7) is 8.83. The van der Waals surface area contributed by atoms with Crippen molar-refractivity contribution < 1.29 is 9.53 Å². The molecule has 0 spiro atoms. The number of amides is 1. The van der Waals surface area contributed by atoms with Gasteiger partial charge >= 0.3 is 0 Å². The van der Waals surface area contributed by atoms with Gasteiger partial charge < -0.3 is 15.4 Å². The number of carbonyl (C=O) groups is 1. The maximum Gasteiger partial charge on any atom is 0.263 e. The van der Waals surface area contributed by atoms with E-state index in [2.05, 4.69) is 13.8 Å². The summed E-state index contributed by atoms with van der Waals surface area (Å²) in [6, 6.07) is 7.90. The normalized spacial score (nSPS) is 13.8. The molecular weight excluding hydrogens is 276 g/mol. The number of nitrogens with zero attached hydrogens (tertiary/aromatic N) is 1. The van der Waals surface area contributed by atoms with Crippen LogP contribution < -0.4 is 10.5 Å². The largest absolute Gasteiger partial charge is 0.481 e. The molecule has 0 bridgehead atoms. The van der Waals surface area contributed by atoms with E-state index >= 15 is 0 Å². The zero-order valence-corrected chi connectivity index (χ0v) is 14.5. The Morgan fingerprint density at radius 1 is 1.36 bits per heavy atom. The minimum atomic E-state index is -0.443. The average molecular weight is 306 g/mol. The SMILES string of the molecule is CCC(Oc1cccc(C)c1)C(=O)N(C)CCC(N)C(C)C. The Labute approximate surface area is 134 Å². The number of benzene rings is 1.